The molecule has 1 fully saturated rings. The maximum Gasteiger partial charge on any atom is 0.249 e. The standard InChI is InChI=1S/C20H24FN3O2/c1-20(2)10-16(23-19(25)18-4-3-9-26-18)15-12-22-24(17(15)11-20)14-7-5-13(21)6-8-14/h5-8,12,16,18H,3-4,9-11H2,1-2H3,(H,23,25). The molecule has 1 saturated heterocycles. The van der Waals surface area contributed by atoms with Crippen LogP contribution in [0.4, 0.5) is 4.39 Å². The third-order valence-electron chi connectivity index (χ3n) is 5.29. The lowest BCUT2D eigenvalue weighted by Crippen LogP contribution is -2.41. The molecule has 2 aromatic rings. The molecule has 1 aromatic carbocycles. The zero-order valence-electron chi connectivity index (χ0n) is 15.2. The Labute approximate surface area is 152 Å². The van der Waals surface area contributed by atoms with Crippen LogP contribution >= 0.6 is 0 Å². The number of rotatable bonds is 3. The van der Waals surface area contributed by atoms with E-state index in [9.17, 15) is 9.18 Å². The number of carbonyl (C=O) groups excluding carboxylic acids is 1. The largest absolute Gasteiger partial charge is 0.368 e. The summed E-state index contributed by atoms with van der Waals surface area (Å²) >= 11 is 0. The summed E-state index contributed by atoms with van der Waals surface area (Å²) in [5, 5.41) is 7.70. The third kappa shape index (κ3) is 3.26. The van der Waals surface area contributed by atoms with Gasteiger partial charge >= 0.3 is 0 Å². The van der Waals surface area contributed by atoms with E-state index in [1.54, 1.807) is 12.1 Å². The summed E-state index contributed by atoms with van der Waals surface area (Å²) in [5.74, 6) is -0.303. The number of ether oxygens (including phenoxy) is 1. The first kappa shape index (κ1) is 17.2. The van der Waals surface area contributed by atoms with Gasteiger partial charge in [0.25, 0.3) is 0 Å². The van der Waals surface area contributed by atoms with Gasteiger partial charge in [0.2, 0.25) is 5.91 Å². The lowest BCUT2D eigenvalue weighted by atomic mass is 9.74. The summed E-state index contributed by atoms with van der Waals surface area (Å²) in [6.45, 7) is 5.05. The third-order valence-corrected chi connectivity index (χ3v) is 5.29. The lowest BCUT2D eigenvalue weighted by molar-refractivity contribution is -0.131. The minimum Gasteiger partial charge on any atom is -0.368 e. The quantitative estimate of drug-likeness (QED) is 0.917. The van der Waals surface area contributed by atoms with Crippen LogP contribution in [0.15, 0.2) is 30.5 Å². The van der Waals surface area contributed by atoms with Gasteiger partial charge in [0.15, 0.2) is 0 Å². The number of benzene rings is 1. The van der Waals surface area contributed by atoms with Crippen LogP contribution in [-0.2, 0) is 16.0 Å². The van der Waals surface area contributed by atoms with E-state index in [-0.39, 0.29) is 29.3 Å². The molecule has 1 amide bonds. The average molecular weight is 357 g/mol. The molecule has 1 aliphatic carbocycles. The molecule has 138 valence electrons. The molecule has 0 spiro atoms. The van der Waals surface area contributed by atoms with Crippen LogP contribution in [-0.4, -0.2) is 28.4 Å². The van der Waals surface area contributed by atoms with E-state index in [2.05, 4.69) is 24.3 Å². The molecule has 0 bridgehead atoms. The van der Waals surface area contributed by atoms with Crippen molar-refractivity contribution in [1.29, 1.82) is 0 Å². The molecule has 26 heavy (non-hydrogen) atoms. The first-order valence-corrected chi connectivity index (χ1v) is 9.18. The fourth-order valence-corrected chi connectivity index (χ4v) is 4.03. The Balaban J connectivity index is 1.65. The number of carbonyl (C=O) groups is 1. The molecule has 1 aromatic heterocycles. The molecule has 0 saturated carbocycles. The summed E-state index contributed by atoms with van der Waals surface area (Å²) in [4.78, 5) is 12.5. The molecule has 6 heteroatoms. The van der Waals surface area contributed by atoms with Gasteiger partial charge < -0.3 is 10.1 Å². The second-order valence-corrected chi connectivity index (χ2v) is 8.04. The Morgan fingerprint density at radius 2 is 2.12 bits per heavy atom. The molecule has 1 N–H and O–H groups in total. The predicted molar refractivity (Wildman–Crippen MR) is 95.5 cm³/mol. The zero-order chi connectivity index (χ0) is 18.3. The smallest absolute Gasteiger partial charge is 0.249 e. The van der Waals surface area contributed by atoms with Crippen molar-refractivity contribution in [3.8, 4) is 5.69 Å². The van der Waals surface area contributed by atoms with Gasteiger partial charge in [-0.2, -0.15) is 5.10 Å². The Hall–Kier alpha value is -2.21. The fourth-order valence-electron chi connectivity index (χ4n) is 4.03. The van der Waals surface area contributed by atoms with Gasteiger partial charge in [0.1, 0.15) is 11.9 Å². The highest BCUT2D eigenvalue weighted by Crippen LogP contribution is 2.41. The number of amides is 1. The van der Waals surface area contributed by atoms with Crippen LogP contribution in [0.3, 0.4) is 0 Å². The predicted octanol–water partition coefficient (Wildman–Crippen LogP) is 3.32. The van der Waals surface area contributed by atoms with Crippen LogP contribution in [0.2, 0.25) is 0 Å². The van der Waals surface area contributed by atoms with Crippen molar-refractivity contribution in [1.82, 2.24) is 15.1 Å². The highest BCUT2D eigenvalue weighted by molar-refractivity contribution is 5.81. The SMILES string of the molecule is CC1(C)Cc2c(cnn2-c2ccc(F)cc2)C(NC(=O)C2CCCO2)C1. The van der Waals surface area contributed by atoms with Crippen molar-refractivity contribution in [2.45, 2.75) is 51.7 Å². The van der Waals surface area contributed by atoms with Crippen molar-refractivity contribution in [3.05, 3.63) is 47.5 Å². The molecule has 2 heterocycles. The first-order chi connectivity index (χ1) is 12.4. The molecular weight excluding hydrogens is 333 g/mol. The van der Waals surface area contributed by atoms with Gasteiger partial charge in [-0.15, -0.1) is 0 Å². The Bertz CT molecular complexity index is 807. The van der Waals surface area contributed by atoms with Crippen molar-refractivity contribution < 1.29 is 13.9 Å². The van der Waals surface area contributed by atoms with Crippen molar-refractivity contribution in [2.24, 2.45) is 5.41 Å². The monoisotopic (exact) mass is 357 g/mol. The summed E-state index contributed by atoms with van der Waals surface area (Å²) in [6, 6.07) is 6.25. The van der Waals surface area contributed by atoms with Crippen molar-refractivity contribution in [3.63, 3.8) is 0 Å². The molecule has 2 aliphatic rings. The van der Waals surface area contributed by atoms with Crippen LogP contribution in [0.1, 0.15) is 50.4 Å². The lowest BCUT2D eigenvalue weighted by Gasteiger charge is -2.36. The molecular formula is C20H24FN3O2. The highest BCUT2D eigenvalue weighted by atomic mass is 19.1. The summed E-state index contributed by atoms with van der Waals surface area (Å²) in [6.07, 6.45) is 4.91. The molecule has 1 aliphatic heterocycles. The van der Waals surface area contributed by atoms with Gasteiger partial charge in [-0.25, -0.2) is 9.07 Å². The van der Waals surface area contributed by atoms with Crippen LogP contribution < -0.4 is 5.32 Å². The zero-order valence-corrected chi connectivity index (χ0v) is 15.2. The van der Waals surface area contributed by atoms with E-state index in [1.807, 2.05) is 10.9 Å². The van der Waals surface area contributed by atoms with E-state index in [0.29, 0.717) is 6.61 Å². The maximum atomic E-state index is 13.3. The maximum absolute atomic E-state index is 13.3. The van der Waals surface area contributed by atoms with E-state index in [0.717, 1.165) is 42.6 Å². The summed E-state index contributed by atoms with van der Waals surface area (Å²) < 4.78 is 20.6. The van der Waals surface area contributed by atoms with Gasteiger partial charge in [-0.1, -0.05) is 13.8 Å². The molecule has 2 atom stereocenters. The minimum atomic E-state index is -0.337. The molecule has 0 radical (unpaired) electrons. The second kappa shape index (κ2) is 6.50. The Morgan fingerprint density at radius 3 is 2.81 bits per heavy atom. The topological polar surface area (TPSA) is 56.2 Å². The summed E-state index contributed by atoms with van der Waals surface area (Å²) in [5.41, 5.74) is 2.97. The van der Waals surface area contributed by atoms with E-state index < -0.39 is 0 Å². The van der Waals surface area contributed by atoms with E-state index >= 15 is 0 Å². The van der Waals surface area contributed by atoms with Gasteiger partial charge in [0.05, 0.1) is 23.6 Å². The minimum absolute atomic E-state index is 0.0271. The first-order valence-electron chi connectivity index (χ1n) is 9.18. The van der Waals surface area contributed by atoms with E-state index in [1.165, 1.54) is 12.1 Å². The number of halogens is 1. The van der Waals surface area contributed by atoms with Crippen molar-refractivity contribution >= 4 is 5.91 Å². The average Bonchev–Trinajstić information content (AvgIpc) is 3.24. The Kier molecular flexibility index (Phi) is 4.31. The van der Waals surface area contributed by atoms with Gasteiger partial charge in [-0.3, -0.25) is 4.79 Å². The normalized spacial score (nSPS) is 24.3. The van der Waals surface area contributed by atoms with Crippen LogP contribution in [0.25, 0.3) is 5.69 Å². The fraction of sp³-hybridized carbons (Fsp3) is 0.500. The number of hydrogen-bond acceptors (Lipinski definition) is 3. The number of hydrogen-bond donors (Lipinski definition) is 1. The number of nitrogens with one attached hydrogen (secondary N) is 1. The number of fused-ring (bicyclic) bond motifs is 1. The summed E-state index contributed by atoms with van der Waals surface area (Å²) in [7, 11) is 0. The van der Waals surface area contributed by atoms with Gasteiger partial charge in [-0.05, 0) is 55.4 Å². The van der Waals surface area contributed by atoms with Gasteiger partial charge in [0, 0.05) is 12.2 Å². The van der Waals surface area contributed by atoms with Crippen LogP contribution in [0, 0.1) is 11.2 Å². The second-order valence-electron chi connectivity index (χ2n) is 8.04. The molecule has 2 unspecified atom stereocenters. The molecule has 4 rings (SSSR count). The Morgan fingerprint density at radius 1 is 1.35 bits per heavy atom. The number of nitrogens with zero attached hydrogens (tertiary/aromatic N) is 2. The number of aromatic nitrogens is 2. The van der Waals surface area contributed by atoms with E-state index in [4.69, 9.17) is 4.74 Å². The molecule has 5 nitrogen and oxygen atoms in total. The van der Waals surface area contributed by atoms with Crippen molar-refractivity contribution in [2.75, 3.05) is 6.61 Å². The highest BCUT2D eigenvalue weighted by Gasteiger charge is 2.37. The van der Waals surface area contributed by atoms with Crippen LogP contribution in [0.5, 0.6) is 0 Å².